The molecule has 0 spiro atoms. The van der Waals surface area contributed by atoms with Gasteiger partial charge in [-0.1, -0.05) is 18.0 Å². The summed E-state index contributed by atoms with van der Waals surface area (Å²) in [5, 5.41) is 11.9. The molecule has 1 fully saturated rings. The van der Waals surface area contributed by atoms with Gasteiger partial charge >= 0.3 is 5.97 Å². The van der Waals surface area contributed by atoms with Gasteiger partial charge in [0.25, 0.3) is 0 Å². The Balaban J connectivity index is 2.19. The highest BCUT2D eigenvalue weighted by molar-refractivity contribution is 8.00. The normalized spacial score (nSPS) is 18.1. The molecule has 1 amide bonds. The molecule has 1 heterocycles. The minimum absolute atomic E-state index is 0.0347. The summed E-state index contributed by atoms with van der Waals surface area (Å²) in [5.74, 6) is -0.0905. The fraction of sp³-hybridized carbons (Fsp3) is 0.429. The fourth-order valence-electron chi connectivity index (χ4n) is 2.15. The van der Waals surface area contributed by atoms with E-state index >= 15 is 0 Å². The van der Waals surface area contributed by atoms with E-state index in [9.17, 15) is 9.59 Å². The van der Waals surface area contributed by atoms with Gasteiger partial charge in [-0.2, -0.15) is 0 Å². The Bertz CT molecular complexity index is 558. The first-order valence-electron chi connectivity index (χ1n) is 6.56. The Labute approximate surface area is 132 Å². The molecular formula is C14H16ClNO4S. The van der Waals surface area contributed by atoms with Crippen LogP contribution in [0.1, 0.15) is 29.6 Å². The maximum absolute atomic E-state index is 12.2. The average molecular weight is 330 g/mol. The van der Waals surface area contributed by atoms with Gasteiger partial charge in [0.05, 0.1) is 23.1 Å². The number of ether oxygens (including phenoxy) is 1. The average Bonchev–Trinajstić information content (AvgIpc) is 2.49. The maximum Gasteiger partial charge on any atom is 0.339 e. The van der Waals surface area contributed by atoms with Gasteiger partial charge in [0.1, 0.15) is 11.3 Å². The van der Waals surface area contributed by atoms with E-state index in [-0.39, 0.29) is 27.5 Å². The van der Waals surface area contributed by atoms with E-state index in [1.165, 1.54) is 19.2 Å². The minimum Gasteiger partial charge on any atom is -0.496 e. The number of carboxylic acid groups (broad SMARTS) is 1. The van der Waals surface area contributed by atoms with Crippen LogP contribution < -0.4 is 10.1 Å². The highest BCUT2D eigenvalue weighted by Crippen LogP contribution is 2.32. The van der Waals surface area contributed by atoms with Crippen LogP contribution in [0.3, 0.4) is 0 Å². The van der Waals surface area contributed by atoms with Crippen LogP contribution in [0.2, 0.25) is 5.02 Å². The first kappa shape index (κ1) is 16.0. The van der Waals surface area contributed by atoms with E-state index in [0.717, 1.165) is 25.0 Å². The SMILES string of the molecule is COc1cc(NC(=O)C2CCCCS2)c(Cl)cc1C(=O)O. The number of thioether (sulfide) groups is 1. The van der Waals surface area contributed by atoms with Crippen LogP contribution >= 0.6 is 23.4 Å². The maximum atomic E-state index is 12.2. The van der Waals surface area contributed by atoms with E-state index in [4.69, 9.17) is 21.4 Å². The number of anilines is 1. The zero-order valence-corrected chi connectivity index (χ0v) is 13.1. The van der Waals surface area contributed by atoms with Crippen molar-refractivity contribution in [2.45, 2.75) is 24.5 Å². The lowest BCUT2D eigenvalue weighted by atomic mass is 10.1. The number of hydrogen-bond donors (Lipinski definition) is 2. The molecule has 2 rings (SSSR count). The summed E-state index contributed by atoms with van der Waals surface area (Å²) in [6.07, 6.45) is 3.02. The molecule has 0 saturated carbocycles. The van der Waals surface area contributed by atoms with Crippen molar-refractivity contribution >= 4 is 40.9 Å². The van der Waals surface area contributed by atoms with E-state index in [1.54, 1.807) is 11.8 Å². The molecule has 5 nitrogen and oxygen atoms in total. The number of carboxylic acids is 1. The quantitative estimate of drug-likeness (QED) is 0.886. The minimum atomic E-state index is -1.13. The van der Waals surface area contributed by atoms with Crippen molar-refractivity contribution < 1.29 is 19.4 Å². The summed E-state index contributed by atoms with van der Waals surface area (Å²) in [7, 11) is 1.37. The van der Waals surface area contributed by atoms with Crippen LogP contribution in [0.25, 0.3) is 0 Å². The standard InChI is InChI=1S/C14H16ClNO4S/c1-20-11-7-10(9(15)6-8(11)14(18)19)16-13(17)12-4-2-3-5-21-12/h6-7,12H,2-5H2,1H3,(H,16,17)(H,18,19). The van der Waals surface area contributed by atoms with Crippen molar-refractivity contribution in [3.8, 4) is 5.75 Å². The van der Waals surface area contributed by atoms with E-state index < -0.39 is 5.97 Å². The predicted molar refractivity (Wildman–Crippen MR) is 83.7 cm³/mol. The molecular weight excluding hydrogens is 314 g/mol. The van der Waals surface area contributed by atoms with Crippen LogP contribution in [-0.4, -0.2) is 35.1 Å². The number of carbonyl (C=O) groups excluding carboxylic acids is 1. The van der Waals surface area contributed by atoms with Crippen molar-refractivity contribution in [1.29, 1.82) is 0 Å². The molecule has 0 radical (unpaired) electrons. The molecule has 1 unspecified atom stereocenters. The number of aromatic carboxylic acids is 1. The van der Waals surface area contributed by atoms with Crippen molar-refractivity contribution in [2.24, 2.45) is 0 Å². The summed E-state index contributed by atoms with van der Waals surface area (Å²) >= 11 is 7.68. The monoisotopic (exact) mass is 329 g/mol. The molecule has 1 saturated heterocycles. The van der Waals surface area contributed by atoms with Crippen LogP contribution in [0.15, 0.2) is 12.1 Å². The highest BCUT2D eigenvalue weighted by atomic mass is 35.5. The number of carbonyl (C=O) groups is 2. The lowest BCUT2D eigenvalue weighted by molar-refractivity contribution is -0.115. The second kappa shape index (κ2) is 7.04. The van der Waals surface area contributed by atoms with Crippen molar-refractivity contribution in [3.05, 3.63) is 22.7 Å². The summed E-state index contributed by atoms with van der Waals surface area (Å²) in [4.78, 5) is 23.3. The third kappa shape index (κ3) is 3.83. The van der Waals surface area contributed by atoms with Crippen LogP contribution in [0.5, 0.6) is 5.75 Å². The number of halogens is 1. The summed E-state index contributed by atoms with van der Waals surface area (Å²) in [6, 6.07) is 2.73. The predicted octanol–water partition coefficient (Wildman–Crippen LogP) is 3.27. The third-order valence-corrected chi connectivity index (χ3v) is 4.94. The number of hydrogen-bond acceptors (Lipinski definition) is 4. The Morgan fingerprint density at radius 2 is 2.19 bits per heavy atom. The molecule has 1 aromatic carbocycles. The van der Waals surface area contributed by atoms with Gasteiger partial charge in [0, 0.05) is 6.07 Å². The molecule has 0 aromatic heterocycles. The molecule has 0 bridgehead atoms. The number of rotatable bonds is 4. The molecule has 114 valence electrons. The van der Waals surface area contributed by atoms with Crippen molar-refractivity contribution in [1.82, 2.24) is 0 Å². The van der Waals surface area contributed by atoms with Gasteiger partial charge in [-0.3, -0.25) is 4.79 Å². The Kier molecular flexibility index (Phi) is 5.36. The largest absolute Gasteiger partial charge is 0.496 e. The lowest BCUT2D eigenvalue weighted by Gasteiger charge is -2.21. The zero-order chi connectivity index (χ0) is 15.4. The molecule has 21 heavy (non-hydrogen) atoms. The van der Waals surface area contributed by atoms with Crippen LogP contribution in [0, 0.1) is 0 Å². The van der Waals surface area contributed by atoms with Gasteiger partial charge in [0.15, 0.2) is 0 Å². The van der Waals surface area contributed by atoms with E-state index in [2.05, 4.69) is 5.32 Å². The first-order valence-corrected chi connectivity index (χ1v) is 7.99. The highest BCUT2D eigenvalue weighted by Gasteiger charge is 2.23. The second-order valence-electron chi connectivity index (χ2n) is 4.68. The van der Waals surface area contributed by atoms with Crippen molar-refractivity contribution in [2.75, 3.05) is 18.2 Å². The van der Waals surface area contributed by atoms with Gasteiger partial charge in [-0.05, 0) is 24.7 Å². The summed E-state index contributed by atoms with van der Waals surface area (Å²) in [6.45, 7) is 0. The zero-order valence-electron chi connectivity index (χ0n) is 11.5. The molecule has 1 aliphatic heterocycles. The van der Waals surface area contributed by atoms with Gasteiger partial charge in [0.2, 0.25) is 5.91 Å². The molecule has 0 aliphatic carbocycles. The number of methoxy groups -OCH3 is 1. The number of amides is 1. The summed E-state index contributed by atoms with van der Waals surface area (Å²) in [5.41, 5.74) is 0.335. The molecule has 1 aromatic rings. The van der Waals surface area contributed by atoms with Gasteiger partial charge < -0.3 is 15.2 Å². The molecule has 2 N–H and O–H groups in total. The number of nitrogens with one attached hydrogen (secondary N) is 1. The van der Waals surface area contributed by atoms with E-state index in [0.29, 0.717) is 5.69 Å². The van der Waals surface area contributed by atoms with Crippen LogP contribution in [-0.2, 0) is 4.79 Å². The van der Waals surface area contributed by atoms with Gasteiger partial charge in [-0.15, -0.1) is 11.8 Å². The van der Waals surface area contributed by atoms with Crippen LogP contribution in [0.4, 0.5) is 5.69 Å². The third-order valence-electron chi connectivity index (χ3n) is 3.25. The Hall–Kier alpha value is -1.40. The summed E-state index contributed by atoms with van der Waals surface area (Å²) < 4.78 is 5.03. The second-order valence-corrected chi connectivity index (χ2v) is 6.40. The molecule has 7 heteroatoms. The Morgan fingerprint density at radius 1 is 1.43 bits per heavy atom. The topological polar surface area (TPSA) is 75.6 Å². The van der Waals surface area contributed by atoms with E-state index in [1.807, 2.05) is 0 Å². The molecule has 1 aliphatic rings. The smallest absolute Gasteiger partial charge is 0.339 e. The first-order chi connectivity index (χ1) is 10.0. The molecule has 1 atom stereocenters. The van der Waals surface area contributed by atoms with Crippen molar-refractivity contribution in [3.63, 3.8) is 0 Å². The number of benzene rings is 1. The fourth-order valence-corrected chi connectivity index (χ4v) is 3.56. The lowest BCUT2D eigenvalue weighted by Crippen LogP contribution is -2.27. The Morgan fingerprint density at radius 3 is 2.76 bits per heavy atom. The van der Waals surface area contributed by atoms with Gasteiger partial charge in [-0.25, -0.2) is 4.79 Å².